The van der Waals surface area contributed by atoms with E-state index in [0.717, 1.165) is 34.2 Å². The number of nitrogens with one attached hydrogen (secondary N) is 1. The van der Waals surface area contributed by atoms with Crippen LogP contribution in [-0.2, 0) is 0 Å². The van der Waals surface area contributed by atoms with Crippen molar-refractivity contribution in [3.05, 3.63) is 10.7 Å². The van der Waals surface area contributed by atoms with Gasteiger partial charge < -0.3 is 5.32 Å². The summed E-state index contributed by atoms with van der Waals surface area (Å²) in [6.07, 6.45) is 5.34. The fourth-order valence-electron chi connectivity index (χ4n) is 1.09. The van der Waals surface area contributed by atoms with Gasteiger partial charge in [-0.25, -0.2) is 9.97 Å². The Balaban J connectivity index is 2.59. The molecule has 16 heavy (non-hydrogen) atoms. The highest BCUT2D eigenvalue weighted by atomic mass is 79.9. The van der Waals surface area contributed by atoms with Crippen LogP contribution < -0.4 is 5.32 Å². The Morgan fingerprint density at radius 3 is 2.88 bits per heavy atom. The predicted molar refractivity (Wildman–Crippen MR) is 74.1 cm³/mol. The minimum absolute atomic E-state index is 0.726. The van der Waals surface area contributed by atoms with Crippen molar-refractivity contribution in [3.8, 4) is 0 Å². The third-order valence-corrected chi connectivity index (χ3v) is 3.90. The van der Waals surface area contributed by atoms with Crippen LogP contribution in [0.25, 0.3) is 0 Å². The molecule has 0 bridgehead atoms. The topological polar surface area (TPSA) is 37.8 Å². The van der Waals surface area contributed by atoms with Gasteiger partial charge in [-0.15, -0.1) is 11.8 Å². The van der Waals surface area contributed by atoms with Crippen molar-refractivity contribution in [2.45, 2.75) is 38.1 Å². The molecule has 0 spiro atoms. The van der Waals surface area contributed by atoms with Crippen LogP contribution in [0.15, 0.2) is 15.7 Å². The number of aromatic nitrogens is 2. The van der Waals surface area contributed by atoms with Gasteiger partial charge in [0.25, 0.3) is 0 Å². The Morgan fingerprint density at radius 1 is 1.38 bits per heavy atom. The number of thioether (sulfide) groups is 1. The number of halogens is 1. The molecule has 3 nitrogen and oxygen atoms in total. The number of anilines is 1. The van der Waals surface area contributed by atoms with Gasteiger partial charge in [-0.2, -0.15) is 0 Å². The first kappa shape index (κ1) is 13.8. The molecule has 0 radical (unpaired) electrons. The first-order valence-electron chi connectivity index (χ1n) is 5.67. The maximum absolute atomic E-state index is 4.48. The van der Waals surface area contributed by atoms with E-state index in [4.69, 9.17) is 0 Å². The molecule has 0 fully saturated rings. The maximum Gasteiger partial charge on any atom is 0.223 e. The second kappa shape index (κ2) is 7.90. The number of nitrogens with zero attached hydrogens (tertiary/aromatic N) is 2. The lowest BCUT2D eigenvalue weighted by Crippen LogP contribution is -2.04. The van der Waals surface area contributed by atoms with Gasteiger partial charge in [0.2, 0.25) is 5.95 Å². The zero-order valence-corrected chi connectivity index (χ0v) is 12.2. The van der Waals surface area contributed by atoms with Crippen LogP contribution in [-0.4, -0.2) is 22.3 Å². The van der Waals surface area contributed by atoms with Gasteiger partial charge in [0.1, 0.15) is 5.03 Å². The van der Waals surface area contributed by atoms with Crippen LogP contribution in [0.4, 0.5) is 5.95 Å². The van der Waals surface area contributed by atoms with Gasteiger partial charge in [-0.3, -0.25) is 0 Å². The van der Waals surface area contributed by atoms with Crippen molar-refractivity contribution >= 4 is 33.6 Å². The van der Waals surface area contributed by atoms with Crippen molar-refractivity contribution in [1.29, 1.82) is 0 Å². The van der Waals surface area contributed by atoms with E-state index < -0.39 is 0 Å². The monoisotopic (exact) mass is 303 g/mol. The van der Waals surface area contributed by atoms with E-state index in [1.807, 2.05) is 6.20 Å². The molecule has 90 valence electrons. The fourth-order valence-corrected chi connectivity index (χ4v) is 2.59. The molecule has 0 unspecified atom stereocenters. The molecule has 0 saturated carbocycles. The normalized spacial score (nSPS) is 10.4. The Labute approximate surface area is 110 Å². The van der Waals surface area contributed by atoms with Crippen molar-refractivity contribution < 1.29 is 0 Å². The SMILES string of the molecule is CCCCSc1nc(NCCC)ncc1Br. The van der Waals surface area contributed by atoms with E-state index in [0.29, 0.717) is 0 Å². The van der Waals surface area contributed by atoms with Crippen molar-refractivity contribution in [2.75, 3.05) is 17.6 Å². The standard InChI is InChI=1S/C11H18BrN3S/c1-3-5-7-16-10-9(12)8-14-11(15-10)13-6-4-2/h8H,3-7H2,1-2H3,(H,13,14,15). The quantitative estimate of drug-likeness (QED) is 0.470. The highest BCUT2D eigenvalue weighted by Gasteiger charge is 2.04. The summed E-state index contributed by atoms with van der Waals surface area (Å²) in [5, 5.41) is 4.23. The van der Waals surface area contributed by atoms with Crippen molar-refractivity contribution in [1.82, 2.24) is 9.97 Å². The van der Waals surface area contributed by atoms with Crippen LogP contribution in [0.5, 0.6) is 0 Å². The molecule has 0 aliphatic heterocycles. The zero-order chi connectivity index (χ0) is 11.8. The largest absolute Gasteiger partial charge is 0.354 e. The fraction of sp³-hybridized carbons (Fsp3) is 0.636. The van der Waals surface area contributed by atoms with E-state index in [-0.39, 0.29) is 0 Å². The van der Waals surface area contributed by atoms with Gasteiger partial charge in [0.15, 0.2) is 0 Å². The van der Waals surface area contributed by atoms with Gasteiger partial charge in [-0.05, 0) is 34.5 Å². The molecule has 0 saturated heterocycles. The number of hydrogen-bond acceptors (Lipinski definition) is 4. The third-order valence-electron chi connectivity index (χ3n) is 1.98. The molecule has 0 atom stereocenters. The second-order valence-electron chi connectivity index (χ2n) is 3.48. The summed E-state index contributed by atoms with van der Waals surface area (Å²) < 4.78 is 0.982. The smallest absolute Gasteiger partial charge is 0.223 e. The number of unbranched alkanes of at least 4 members (excludes halogenated alkanes) is 1. The Morgan fingerprint density at radius 2 is 2.19 bits per heavy atom. The molecule has 1 aromatic heterocycles. The third kappa shape index (κ3) is 4.70. The first-order chi connectivity index (χ1) is 7.77. The molecule has 5 heteroatoms. The Hall–Kier alpha value is -0.290. The summed E-state index contributed by atoms with van der Waals surface area (Å²) in [5.74, 6) is 1.84. The summed E-state index contributed by atoms with van der Waals surface area (Å²) in [5.41, 5.74) is 0. The summed E-state index contributed by atoms with van der Waals surface area (Å²) >= 11 is 5.26. The molecular weight excluding hydrogens is 286 g/mol. The molecule has 1 rings (SSSR count). The second-order valence-corrected chi connectivity index (χ2v) is 5.41. The van der Waals surface area contributed by atoms with E-state index >= 15 is 0 Å². The van der Waals surface area contributed by atoms with Gasteiger partial charge in [-0.1, -0.05) is 20.3 Å². The summed E-state index contributed by atoms with van der Waals surface area (Å²) in [6, 6.07) is 0. The molecule has 1 N–H and O–H groups in total. The van der Waals surface area contributed by atoms with Gasteiger partial charge >= 0.3 is 0 Å². The lowest BCUT2D eigenvalue weighted by atomic mass is 10.4. The van der Waals surface area contributed by atoms with E-state index in [2.05, 4.69) is 45.1 Å². The minimum atomic E-state index is 0.726. The van der Waals surface area contributed by atoms with Crippen LogP contribution in [0.1, 0.15) is 33.1 Å². The van der Waals surface area contributed by atoms with Crippen LogP contribution >= 0.6 is 27.7 Å². The maximum atomic E-state index is 4.48. The molecule has 0 aliphatic carbocycles. The average molecular weight is 304 g/mol. The van der Waals surface area contributed by atoms with Crippen LogP contribution in [0.2, 0.25) is 0 Å². The molecule has 1 aromatic rings. The Bertz CT molecular complexity index is 320. The van der Waals surface area contributed by atoms with E-state index in [1.54, 1.807) is 11.8 Å². The zero-order valence-electron chi connectivity index (χ0n) is 9.79. The highest BCUT2D eigenvalue weighted by Crippen LogP contribution is 2.26. The van der Waals surface area contributed by atoms with Crippen molar-refractivity contribution in [3.63, 3.8) is 0 Å². The van der Waals surface area contributed by atoms with E-state index in [1.165, 1.54) is 12.8 Å². The summed E-state index contributed by atoms with van der Waals surface area (Å²) in [7, 11) is 0. The number of hydrogen-bond donors (Lipinski definition) is 1. The molecule has 0 amide bonds. The number of rotatable bonds is 7. The van der Waals surface area contributed by atoms with Crippen LogP contribution in [0, 0.1) is 0 Å². The van der Waals surface area contributed by atoms with Gasteiger partial charge in [0.05, 0.1) is 4.47 Å². The molecule has 1 heterocycles. The molecule has 0 aliphatic rings. The summed E-state index contributed by atoms with van der Waals surface area (Å²) in [6.45, 7) is 5.24. The van der Waals surface area contributed by atoms with Gasteiger partial charge in [0, 0.05) is 12.7 Å². The van der Waals surface area contributed by atoms with Crippen molar-refractivity contribution in [2.24, 2.45) is 0 Å². The predicted octanol–water partition coefficient (Wildman–Crippen LogP) is 3.95. The lowest BCUT2D eigenvalue weighted by molar-refractivity contribution is 0.891. The highest BCUT2D eigenvalue weighted by molar-refractivity contribution is 9.10. The van der Waals surface area contributed by atoms with Crippen LogP contribution in [0.3, 0.4) is 0 Å². The average Bonchev–Trinajstić information content (AvgIpc) is 2.30. The lowest BCUT2D eigenvalue weighted by Gasteiger charge is -2.06. The summed E-state index contributed by atoms with van der Waals surface area (Å²) in [4.78, 5) is 8.70. The minimum Gasteiger partial charge on any atom is -0.354 e. The first-order valence-corrected chi connectivity index (χ1v) is 7.45. The Kier molecular flexibility index (Phi) is 6.80. The molecule has 0 aromatic carbocycles. The van der Waals surface area contributed by atoms with E-state index in [9.17, 15) is 0 Å². The molecular formula is C11H18BrN3S.